The zero-order valence-corrected chi connectivity index (χ0v) is 13.9. The predicted molar refractivity (Wildman–Crippen MR) is 85.4 cm³/mol. The van der Waals surface area contributed by atoms with Crippen LogP contribution in [0.25, 0.3) is 0 Å². The molecule has 1 saturated heterocycles. The van der Waals surface area contributed by atoms with E-state index in [4.69, 9.17) is 10.1 Å². The van der Waals surface area contributed by atoms with Crippen LogP contribution in [0, 0.1) is 0 Å². The molecule has 0 aromatic carbocycles. The van der Waals surface area contributed by atoms with E-state index in [-0.39, 0.29) is 24.9 Å². The highest BCUT2D eigenvalue weighted by Gasteiger charge is 2.26. The molecule has 22 heavy (non-hydrogen) atoms. The second-order valence-electron chi connectivity index (χ2n) is 5.93. The third-order valence-corrected chi connectivity index (χ3v) is 4.83. The molecule has 0 bridgehead atoms. The Morgan fingerprint density at radius 1 is 1.55 bits per heavy atom. The molecule has 2 heterocycles. The summed E-state index contributed by atoms with van der Waals surface area (Å²) in [6, 6.07) is -0.174. The fourth-order valence-electron chi connectivity index (χ4n) is 2.50. The van der Waals surface area contributed by atoms with Crippen LogP contribution in [0.15, 0.2) is 5.38 Å². The van der Waals surface area contributed by atoms with Crippen molar-refractivity contribution in [3.05, 3.63) is 16.1 Å². The second kappa shape index (κ2) is 7.58. The number of likely N-dealkylation sites (tertiary alicyclic amines) is 1. The van der Waals surface area contributed by atoms with Crippen molar-refractivity contribution in [3.8, 4) is 0 Å². The first-order valence-corrected chi connectivity index (χ1v) is 8.55. The molecular formula is C15H23N3O3S. The lowest BCUT2D eigenvalue weighted by atomic mass is 9.99. The summed E-state index contributed by atoms with van der Waals surface area (Å²) in [4.78, 5) is 29.0. The third-order valence-electron chi connectivity index (χ3n) is 3.80. The van der Waals surface area contributed by atoms with Gasteiger partial charge in [0.2, 0.25) is 0 Å². The molecule has 2 amide bonds. The van der Waals surface area contributed by atoms with E-state index in [9.17, 15) is 9.59 Å². The van der Waals surface area contributed by atoms with Gasteiger partial charge in [-0.3, -0.25) is 4.79 Å². The maximum atomic E-state index is 12.1. The number of aliphatic carboxylic acids is 1. The molecule has 0 aliphatic carbocycles. The van der Waals surface area contributed by atoms with Crippen LogP contribution in [0.1, 0.15) is 55.6 Å². The minimum Gasteiger partial charge on any atom is -0.481 e. The first kappa shape index (κ1) is 16.7. The molecule has 1 unspecified atom stereocenters. The summed E-state index contributed by atoms with van der Waals surface area (Å²) >= 11 is 1.67. The molecular weight excluding hydrogens is 302 g/mol. The molecule has 1 aliphatic rings. The highest BCUT2D eigenvalue weighted by atomic mass is 32.1. The number of thiazole rings is 1. The second-order valence-corrected chi connectivity index (χ2v) is 6.82. The van der Waals surface area contributed by atoms with Crippen LogP contribution < -0.4 is 5.32 Å². The minimum atomic E-state index is -0.902. The molecule has 1 fully saturated rings. The number of nitrogens with zero attached hydrogens (tertiary/aromatic N) is 2. The SMILES string of the molecule is CC(C)c1csc(C2CCCN(C(=O)NCCC(=O)O)C2)n1. The average molecular weight is 325 g/mol. The predicted octanol–water partition coefficient (Wildman–Crippen LogP) is 2.63. The minimum absolute atomic E-state index is 0.0484. The topological polar surface area (TPSA) is 82.5 Å². The lowest BCUT2D eigenvalue weighted by Gasteiger charge is -2.31. The summed E-state index contributed by atoms with van der Waals surface area (Å²) in [5.74, 6) is -0.193. The van der Waals surface area contributed by atoms with Crippen LogP contribution in [0.2, 0.25) is 0 Å². The zero-order valence-electron chi connectivity index (χ0n) is 13.0. The van der Waals surface area contributed by atoms with Gasteiger partial charge in [0, 0.05) is 30.9 Å². The number of hydrogen-bond acceptors (Lipinski definition) is 4. The van der Waals surface area contributed by atoms with Crippen molar-refractivity contribution < 1.29 is 14.7 Å². The van der Waals surface area contributed by atoms with Gasteiger partial charge in [0.15, 0.2) is 0 Å². The monoisotopic (exact) mass is 325 g/mol. The van der Waals surface area contributed by atoms with Gasteiger partial charge in [-0.2, -0.15) is 0 Å². The summed E-state index contributed by atoms with van der Waals surface area (Å²) < 4.78 is 0. The molecule has 7 heteroatoms. The Hall–Kier alpha value is -1.63. The fourth-order valence-corrected chi connectivity index (χ4v) is 3.61. The molecule has 1 aromatic rings. The van der Waals surface area contributed by atoms with Gasteiger partial charge >= 0.3 is 12.0 Å². The van der Waals surface area contributed by atoms with E-state index in [0.717, 1.165) is 30.1 Å². The fraction of sp³-hybridized carbons (Fsp3) is 0.667. The van der Waals surface area contributed by atoms with Crippen molar-refractivity contribution in [2.45, 2.75) is 44.9 Å². The Morgan fingerprint density at radius 2 is 2.32 bits per heavy atom. The highest BCUT2D eigenvalue weighted by molar-refractivity contribution is 7.09. The molecule has 1 aliphatic heterocycles. The number of amides is 2. The van der Waals surface area contributed by atoms with Crippen LogP contribution in [0.3, 0.4) is 0 Å². The summed E-state index contributed by atoms with van der Waals surface area (Å²) in [7, 11) is 0. The van der Waals surface area contributed by atoms with Gasteiger partial charge < -0.3 is 15.3 Å². The Kier molecular flexibility index (Phi) is 5.76. The first-order valence-electron chi connectivity index (χ1n) is 7.67. The lowest BCUT2D eigenvalue weighted by Crippen LogP contribution is -2.45. The van der Waals surface area contributed by atoms with Crippen molar-refractivity contribution in [1.82, 2.24) is 15.2 Å². The molecule has 122 valence electrons. The first-order chi connectivity index (χ1) is 10.5. The number of rotatable bonds is 5. The van der Waals surface area contributed by atoms with E-state index in [1.807, 2.05) is 0 Å². The highest BCUT2D eigenvalue weighted by Crippen LogP contribution is 2.30. The third kappa shape index (κ3) is 4.43. The normalized spacial score (nSPS) is 18.5. The standard InChI is InChI=1S/C15H23N3O3S/c1-10(2)12-9-22-14(17-12)11-4-3-7-18(8-11)15(21)16-6-5-13(19)20/h9-11H,3-8H2,1-2H3,(H,16,21)(H,19,20). The number of nitrogens with one attached hydrogen (secondary N) is 1. The number of carbonyl (C=O) groups is 2. The van der Waals surface area contributed by atoms with Gasteiger partial charge in [-0.1, -0.05) is 13.8 Å². The maximum Gasteiger partial charge on any atom is 0.317 e. The van der Waals surface area contributed by atoms with Crippen molar-refractivity contribution >= 4 is 23.3 Å². The maximum absolute atomic E-state index is 12.1. The van der Waals surface area contributed by atoms with Crippen molar-refractivity contribution in [3.63, 3.8) is 0 Å². The van der Waals surface area contributed by atoms with Crippen molar-refractivity contribution in [2.24, 2.45) is 0 Å². The number of urea groups is 1. The van der Waals surface area contributed by atoms with Crippen LogP contribution >= 0.6 is 11.3 Å². The Morgan fingerprint density at radius 3 is 2.95 bits per heavy atom. The van der Waals surface area contributed by atoms with E-state index < -0.39 is 5.97 Å². The molecule has 0 spiro atoms. The van der Waals surface area contributed by atoms with Crippen LogP contribution in [-0.4, -0.2) is 46.6 Å². The van der Waals surface area contributed by atoms with Crippen LogP contribution in [0.4, 0.5) is 4.79 Å². The molecule has 1 atom stereocenters. The number of carboxylic acid groups (broad SMARTS) is 1. The average Bonchev–Trinajstić information content (AvgIpc) is 2.97. The van der Waals surface area contributed by atoms with Gasteiger partial charge in [0.05, 0.1) is 17.1 Å². The largest absolute Gasteiger partial charge is 0.481 e. The number of piperidine rings is 1. The number of aromatic nitrogens is 1. The van der Waals surface area contributed by atoms with Crippen molar-refractivity contribution in [1.29, 1.82) is 0 Å². The smallest absolute Gasteiger partial charge is 0.317 e. The van der Waals surface area contributed by atoms with Gasteiger partial charge in [-0.15, -0.1) is 11.3 Å². The van der Waals surface area contributed by atoms with E-state index in [1.54, 1.807) is 16.2 Å². The van der Waals surface area contributed by atoms with E-state index >= 15 is 0 Å². The van der Waals surface area contributed by atoms with Gasteiger partial charge in [0.1, 0.15) is 0 Å². The quantitative estimate of drug-likeness (QED) is 0.872. The molecule has 2 rings (SSSR count). The Labute approximate surface area is 134 Å². The van der Waals surface area contributed by atoms with Gasteiger partial charge in [-0.25, -0.2) is 9.78 Å². The van der Waals surface area contributed by atoms with Gasteiger partial charge in [-0.05, 0) is 18.8 Å². The molecule has 0 saturated carbocycles. The van der Waals surface area contributed by atoms with Crippen molar-refractivity contribution in [2.75, 3.05) is 19.6 Å². The molecule has 0 radical (unpaired) electrons. The summed E-state index contributed by atoms with van der Waals surface area (Å²) in [5, 5.41) is 14.5. The lowest BCUT2D eigenvalue weighted by molar-refractivity contribution is -0.136. The molecule has 6 nitrogen and oxygen atoms in total. The number of carbonyl (C=O) groups excluding carboxylic acids is 1. The Bertz CT molecular complexity index is 530. The van der Waals surface area contributed by atoms with Crippen LogP contribution in [0.5, 0.6) is 0 Å². The van der Waals surface area contributed by atoms with Gasteiger partial charge in [0.25, 0.3) is 0 Å². The Balaban J connectivity index is 1.90. The van der Waals surface area contributed by atoms with E-state index in [1.165, 1.54) is 0 Å². The van der Waals surface area contributed by atoms with E-state index in [2.05, 4.69) is 24.5 Å². The van der Waals surface area contributed by atoms with Crippen LogP contribution in [-0.2, 0) is 4.79 Å². The van der Waals surface area contributed by atoms with E-state index in [0.29, 0.717) is 12.5 Å². The number of carboxylic acids is 1. The summed E-state index contributed by atoms with van der Waals surface area (Å²) in [6.45, 7) is 5.80. The molecule has 1 aromatic heterocycles. The molecule has 2 N–H and O–H groups in total. The number of hydrogen-bond donors (Lipinski definition) is 2. The zero-order chi connectivity index (χ0) is 16.1. The summed E-state index contributed by atoms with van der Waals surface area (Å²) in [5.41, 5.74) is 1.11. The summed E-state index contributed by atoms with van der Waals surface area (Å²) in [6.07, 6.45) is 1.95.